The van der Waals surface area contributed by atoms with Crippen LogP contribution in [0, 0.1) is 5.82 Å². The highest BCUT2D eigenvalue weighted by atomic mass is 19.1. The fraction of sp³-hybridized carbons (Fsp3) is 0.643. The summed E-state index contributed by atoms with van der Waals surface area (Å²) in [7, 11) is 0. The molecule has 2 aliphatic heterocycles. The third kappa shape index (κ3) is 2.97. The number of carbonyl (C=O) groups excluding carboxylic acids is 1. The highest BCUT2D eigenvalue weighted by molar-refractivity contribution is 5.73. The van der Waals surface area contributed by atoms with E-state index in [9.17, 15) is 9.18 Å². The van der Waals surface area contributed by atoms with Crippen LogP contribution >= 0.6 is 0 Å². The van der Waals surface area contributed by atoms with E-state index >= 15 is 0 Å². The molecular weight excluding hydrogens is 275 g/mol. The number of aromatic nitrogens is 2. The Bertz CT molecular complexity index is 510. The number of halogens is 1. The molecule has 7 heteroatoms. The van der Waals surface area contributed by atoms with Gasteiger partial charge in [0.1, 0.15) is 0 Å². The topological polar surface area (TPSA) is 58.6 Å². The molecule has 1 aromatic rings. The summed E-state index contributed by atoms with van der Waals surface area (Å²) >= 11 is 0. The Kier molecular flexibility index (Phi) is 4.01. The number of anilines is 1. The van der Waals surface area contributed by atoms with Gasteiger partial charge in [0.25, 0.3) is 0 Å². The largest absolute Gasteiger partial charge is 0.374 e. The summed E-state index contributed by atoms with van der Waals surface area (Å²) in [6, 6.07) is 0.113. The minimum absolute atomic E-state index is 0.0631. The first kappa shape index (κ1) is 14.2. The van der Waals surface area contributed by atoms with E-state index in [4.69, 9.17) is 4.74 Å². The number of rotatable bonds is 1. The Morgan fingerprint density at radius 2 is 2.00 bits per heavy atom. The van der Waals surface area contributed by atoms with Crippen LogP contribution in [0.5, 0.6) is 0 Å². The van der Waals surface area contributed by atoms with Crippen molar-refractivity contribution in [1.82, 2.24) is 14.9 Å². The lowest BCUT2D eigenvalue weighted by Crippen LogP contribution is -2.52. The van der Waals surface area contributed by atoms with Crippen molar-refractivity contribution >= 4 is 11.9 Å². The van der Waals surface area contributed by atoms with Gasteiger partial charge in [-0.3, -0.25) is 4.79 Å². The average Bonchev–Trinajstić information content (AvgIpc) is 2.70. The van der Waals surface area contributed by atoms with Gasteiger partial charge in [-0.1, -0.05) is 0 Å². The summed E-state index contributed by atoms with van der Waals surface area (Å²) < 4.78 is 18.7. The predicted octanol–water partition coefficient (Wildman–Crippen LogP) is 0.832. The van der Waals surface area contributed by atoms with Crippen molar-refractivity contribution in [3.8, 4) is 0 Å². The van der Waals surface area contributed by atoms with Crippen LogP contribution in [0.25, 0.3) is 0 Å². The molecule has 2 aliphatic rings. The molecule has 0 saturated carbocycles. The molecule has 0 bridgehead atoms. The van der Waals surface area contributed by atoms with Gasteiger partial charge in [0.05, 0.1) is 31.1 Å². The maximum absolute atomic E-state index is 12.9. The molecule has 21 heavy (non-hydrogen) atoms. The second kappa shape index (κ2) is 5.93. The quantitative estimate of drug-likeness (QED) is 0.768. The lowest BCUT2D eigenvalue weighted by atomic mass is 10.0. The number of hydrogen-bond donors (Lipinski definition) is 0. The molecule has 0 aromatic carbocycles. The summed E-state index contributed by atoms with van der Waals surface area (Å²) in [6.45, 7) is 4.34. The first-order valence-corrected chi connectivity index (χ1v) is 7.26. The van der Waals surface area contributed by atoms with Crippen LogP contribution in [-0.2, 0) is 9.53 Å². The van der Waals surface area contributed by atoms with Gasteiger partial charge in [0.15, 0.2) is 5.82 Å². The Labute approximate surface area is 122 Å². The molecule has 0 aliphatic carbocycles. The van der Waals surface area contributed by atoms with E-state index in [2.05, 4.69) is 9.97 Å². The zero-order valence-electron chi connectivity index (χ0n) is 12.0. The maximum Gasteiger partial charge on any atom is 0.225 e. The van der Waals surface area contributed by atoms with Crippen LogP contribution in [0.4, 0.5) is 10.3 Å². The predicted molar refractivity (Wildman–Crippen MR) is 74.4 cm³/mol. The van der Waals surface area contributed by atoms with Gasteiger partial charge in [-0.05, 0) is 12.8 Å². The molecule has 0 unspecified atom stereocenters. The van der Waals surface area contributed by atoms with E-state index in [1.54, 1.807) is 6.92 Å². The van der Waals surface area contributed by atoms with Crippen molar-refractivity contribution in [3.63, 3.8) is 0 Å². The number of amides is 1. The zero-order chi connectivity index (χ0) is 14.8. The maximum atomic E-state index is 12.9. The number of carbonyl (C=O) groups is 1. The van der Waals surface area contributed by atoms with Crippen LogP contribution in [0.1, 0.15) is 19.8 Å². The first-order chi connectivity index (χ1) is 10.1. The summed E-state index contributed by atoms with van der Waals surface area (Å²) in [5.74, 6) is 0.192. The highest BCUT2D eigenvalue weighted by Gasteiger charge is 2.36. The second-order valence-electron chi connectivity index (χ2n) is 5.45. The Morgan fingerprint density at radius 1 is 1.29 bits per heavy atom. The average molecular weight is 294 g/mol. The van der Waals surface area contributed by atoms with E-state index in [-0.39, 0.29) is 18.1 Å². The van der Waals surface area contributed by atoms with Crippen molar-refractivity contribution in [2.75, 3.05) is 31.1 Å². The molecule has 1 aromatic heterocycles. The van der Waals surface area contributed by atoms with E-state index in [1.165, 1.54) is 12.4 Å². The van der Waals surface area contributed by atoms with Gasteiger partial charge in [0, 0.05) is 26.6 Å². The smallest absolute Gasteiger partial charge is 0.225 e. The van der Waals surface area contributed by atoms with Crippen molar-refractivity contribution in [1.29, 1.82) is 0 Å². The van der Waals surface area contributed by atoms with Crippen LogP contribution in [-0.4, -0.2) is 59.2 Å². The minimum Gasteiger partial charge on any atom is -0.374 e. The SMILES string of the molecule is CC(=O)N1CCO[C@@H]2CCN(c3ncc(F)cn3)CC[C@H]21. The number of fused-ring (bicyclic) bond motifs is 1. The Balaban J connectivity index is 1.73. The lowest BCUT2D eigenvalue weighted by molar-refractivity contribution is -0.144. The molecule has 0 N–H and O–H groups in total. The fourth-order valence-corrected chi connectivity index (χ4v) is 3.14. The van der Waals surface area contributed by atoms with Gasteiger partial charge in [-0.2, -0.15) is 0 Å². The molecule has 3 rings (SSSR count). The normalized spacial score (nSPS) is 26.2. The number of hydrogen-bond acceptors (Lipinski definition) is 5. The van der Waals surface area contributed by atoms with Crippen LogP contribution in [0.15, 0.2) is 12.4 Å². The second-order valence-corrected chi connectivity index (χ2v) is 5.45. The van der Waals surface area contributed by atoms with Crippen LogP contribution in [0.2, 0.25) is 0 Å². The van der Waals surface area contributed by atoms with Crippen molar-refractivity contribution in [2.24, 2.45) is 0 Å². The van der Waals surface area contributed by atoms with Gasteiger partial charge in [-0.25, -0.2) is 14.4 Å². The molecule has 2 atom stereocenters. The van der Waals surface area contributed by atoms with E-state index in [0.29, 0.717) is 19.1 Å². The fourth-order valence-electron chi connectivity index (χ4n) is 3.14. The van der Waals surface area contributed by atoms with Gasteiger partial charge in [-0.15, -0.1) is 0 Å². The van der Waals surface area contributed by atoms with Crippen molar-refractivity contribution < 1.29 is 13.9 Å². The number of ether oxygens (including phenoxy) is 1. The van der Waals surface area contributed by atoms with Crippen LogP contribution in [0.3, 0.4) is 0 Å². The first-order valence-electron chi connectivity index (χ1n) is 7.26. The molecular formula is C14H19FN4O2. The number of nitrogens with zero attached hydrogens (tertiary/aromatic N) is 4. The summed E-state index contributed by atoms with van der Waals surface area (Å²) in [4.78, 5) is 23.7. The summed E-state index contributed by atoms with van der Waals surface area (Å²) in [5.41, 5.74) is 0. The molecule has 1 amide bonds. The minimum atomic E-state index is -0.437. The standard InChI is InChI=1S/C14H19FN4O2/c1-10(20)19-6-7-21-13-3-5-18(4-2-12(13)19)14-16-8-11(15)9-17-14/h8-9,12-13H,2-7H2,1H3/t12-,13-/m1/s1. The lowest BCUT2D eigenvalue weighted by Gasteiger charge is -2.39. The van der Waals surface area contributed by atoms with Crippen LogP contribution < -0.4 is 4.90 Å². The third-order valence-corrected chi connectivity index (χ3v) is 4.17. The molecule has 0 spiro atoms. The van der Waals surface area contributed by atoms with Gasteiger partial charge < -0.3 is 14.5 Å². The summed E-state index contributed by atoms with van der Waals surface area (Å²) in [5, 5.41) is 0. The molecule has 114 valence electrons. The van der Waals surface area contributed by atoms with Crippen molar-refractivity contribution in [3.05, 3.63) is 18.2 Å². The molecule has 2 saturated heterocycles. The van der Waals surface area contributed by atoms with Gasteiger partial charge >= 0.3 is 0 Å². The van der Waals surface area contributed by atoms with E-state index in [0.717, 1.165) is 25.9 Å². The molecule has 6 nitrogen and oxygen atoms in total. The summed E-state index contributed by atoms with van der Waals surface area (Å²) in [6.07, 6.45) is 4.05. The van der Waals surface area contributed by atoms with E-state index in [1.807, 2.05) is 9.80 Å². The highest BCUT2D eigenvalue weighted by Crippen LogP contribution is 2.25. The van der Waals surface area contributed by atoms with Gasteiger partial charge in [0.2, 0.25) is 11.9 Å². The molecule has 3 heterocycles. The monoisotopic (exact) mass is 294 g/mol. The Hall–Kier alpha value is -1.76. The Morgan fingerprint density at radius 3 is 2.71 bits per heavy atom. The zero-order valence-corrected chi connectivity index (χ0v) is 12.0. The van der Waals surface area contributed by atoms with E-state index < -0.39 is 5.82 Å². The molecule has 2 fully saturated rings. The third-order valence-electron chi connectivity index (χ3n) is 4.17. The molecule has 0 radical (unpaired) electrons. The number of morpholine rings is 1. The van der Waals surface area contributed by atoms with Crippen molar-refractivity contribution in [2.45, 2.75) is 31.9 Å².